The lowest BCUT2D eigenvalue weighted by atomic mass is 10.1. The van der Waals surface area contributed by atoms with E-state index in [0.717, 1.165) is 74.8 Å². The second kappa shape index (κ2) is 13.2. The zero-order valence-corrected chi connectivity index (χ0v) is 22.4. The van der Waals surface area contributed by atoms with Crippen LogP contribution in [0.25, 0.3) is 6.08 Å². The number of guanidine groups is 1. The van der Waals surface area contributed by atoms with Gasteiger partial charge >= 0.3 is 0 Å². The number of unbranched alkanes of at least 4 members (excludes halogenated alkanes) is 1. The third-order valence-electron chi connectivity index (χ3n) is 6.53. The monoisotopic (exact) mass is 473 g/mol. The van der Waals surface area contributed by atoms with Crippen molar-refractivity contribution >= 4 is 23.4 Å². The fraction of sp³-hybridized carbons (Fsp3) is 0.467. The van der Waals surface area contributed by atoms with E-state index in [-0.39, 0.29) is 0 Å². The van der Waals surface area contributed by atoms with Crippen molar-refractivity contribution in [1.82, 2.24) is 9.80 Å². The van der Waals surface area contributed by atoms with Crippen LogP contribution in [0.5, 0.6) is 0 Å². The average molecular weight is 474 g/mol. The number of rotatable bonds is 10. The van der Waals surface area contributed by atoms with Crippen molar-refractivity contribution < 1.29 is 0 Å². The van der Waals surface area contributed by atoms with Crippen molar-refractivity contribution in [2.24, 2.45) is 9.98 Å². The number of benzene rings is 1. The van der Waals surface area contributed by atoms with Gasteiger partial charge in [-0.2, -0.15) is 0 Å². The molecule has 188 valence electrons. The van der Waals surface area contributed by atoms with E-state index >= 15 is 0 Å². The number of piperazine rings is 1. The molecule has 0 N–H and O–H groups in total. The first-order valence-corrected chi connectivity index (χ1v) is 13.0. The second-order valence-electron chi connectivity index (χ2n) is 9.75. The van der Waals surface area contributed by atoms with Gasteiger partial charge in [0.1, 0.15) is 0 Å². The summed E-state index contributed by atoms with van der Waals surface area (Å²) in [6.45, 7) is 15.1. The van der Waals surface area contributed by atoms with Gasteiger partial charge in [-0.25, -0.2) is 9.98 Å². The third kappa shape index (κ3) is 7.79. The van der Waals surface area contributed by atoms with Crippen LogP contribution >= 0.6 is 0 Å². The van der Waals surface area contributed by atoms with Crippen LogP contribution in [0.2, 0.25) is 0 Å². The van der Waals surface area contributed by atoms with Crippen molar-refractivity contribution in [3.63, 3.8) is 0 Å². The molecule has 2 aliphatic heterocycles. The zero-order valence-electron chi connectivity index (χ0n) is 22.4. The van der Waals surface area contributed by atoms with Crippen molar-refractivity contribution in [2.45, 2.75) is 52.5 Å². The highest BCUT2D eigenvalue weighted by molar-refractivity contribution is 6.19. The summed E-state index contributed by atoms with van der Waals surface area (Å²) in [7, 11) is 3.96. The third-order valence-corrected chi connectivity index (χ3v) is 6.53. The highest BCUT2D eigenvalue weighted by Gasteiger charge is 2.19. The minimum atomic E-state index is 0.622. The second-order valence-corrected chi connectivity index (χ2v) is 9.75. The van der Waals surface area contributed by atoms with Gasteiger partial charge in [-0.3, -0.25) is 4.90 Å². The molecule has 0 unspecified atom stereocenters. The molecule has 0 aromatic heterocycles. The van der Waals surface area contributed by atoms with Gasteiger partial charge in [-0.15, -0.1) is 0 Å². The van der Waals surface area contributed by atoms with Crippen molar-refractivity contribution in [3.05, 3.63) is 72.0 Å². The predicted molar refractivity (Wildman–Crippen MR) is 153 cm³/mol. The molecule has 0 atom stereocenters. The number of nitrogens with zero attached hydrogens (tertiary/aromatic N) is 5. The Labute approximate surface area is 212 Å². The fourth-order valence-corrected chi connectivity index (χ4v) is 4.36. The van der Waals surface area contributed by atoms with Crippen LogP contribution in [0.1, 0.15) is 52.0 Å². The van der Waals surface area contributed by atoms with Crippen molar-refractivity contribution in [1.29, 1.82) is 0 Å². The molecule has 0 amide bonds. The molecule has 3 rings (SSSR count). The zero-order chi connectivity index (χ0) is 25.2. The molecule has 0 spiro atoms. The van der Waals surface area contributed by atoms with Gasteiger partial charge in [0.05, 0.1) is 11.4 Å². The molecule has 1 aromatic carbocycles. The smallest absolute Gasteiger partial charge is 0.226 e. The molecular formula is C30H43N5. The van der Waals surface area contributed by atoms with E-state index in [0.29, 0.717) is 6.04 Å². The normalized spacial score (nSPS) is 18.5. The molecule has 5 heteroatoms. The largest absolute Gasteiger partial charge is 0.369 e. The van der Waals surface area contributed by atoms with Gasteiger partial charge in [0.25, 0.3) is 0 Å². The van der Waals surface area contributed by atoms with E-state index in [1.165, 1.54) is 11.3 Å². The highest BCUT2D eigenvalue weighted by atomic mass is 15.3. The first-order valence-electron chi connectivity index (χ1n) is 13.0. The van der Waals surface area contributed by atoms with Crippen LogP contribution in [-0.4, -0.2) is 67.8 Å². The number of hydrogen-bond acceptors (Lipinski definition) is 5. The lowest BCUT2D eigenvalue weighted by Gasteiger charge is -2.38. The lowest BCUT2D eigenvalue weighted by Crippen LogP contribution is -2.48. The molecule has 0 bridgehead atoms. The van der Waals surface area contributed by atoms with Gasteiger partial charge in [-0.05, 0) is 63.0 Å². The maximum absolute atomic E-state index is 4.77. The Morgan fingerprint density at radius 1 is 1.06 bits per heavy atom. The van der Waals surface area contributed by atoms with E-state index in [1.807, 2.05) is 25.1 Å². The van der Waals surface area contributed by atoms with E-state index in [1.54, 1.807) is 0 Å². The molecule has 5 nitrogen and oxygen atoms in total. The van der Waals surface area contributed by atoms with Gasteiger partial charge in [0, 0.05) is 52.0 Å². The Kier molecular flexibility index (Phi) is 10.1. The molecular weight excluding hydrogens is 430 g/mol. The first kappa shape index (κ1) is 26.7. The summed E-state index contributed by atoms with van der Waals surface area (Å²) in [5.41, 5.74) is 5.61. The molecule has 0 radical (unpaired) electrons. The molecule has 2 heterocycles. The molecule has 1 aromatic rings. The number of hydrogen-bond donors (Lipinski definition) is 0. The molecule has 0 aliphatic carbocycles. The summed E-state index contributed by atoms with van der Waals surface area (Å²) < 4.78 is 0. The summed E-state index contributed by atoms with van der Waals surface area (Å²) in [4.78, 5) is 16.5. The topological polar surface area (TPSA) is 34.4 Å². The highest BCUT2D eigenvalue weighted by Crippen LogP contribution is 2.22. The Hall–Kier alpha value is -2.92. The SMILES string of the molecule is C=C/C(=C/CC/C=C/C1=NC(N(C)C)=N/C1=C\c1ccc(N2CCN(C(C)C)CC2)cc1)CCC. The van der Waals surface area contributed by atoms with Crippen LogP contribution < -0.4 is 4.90 Å². The summed E-state index contributed by atoms with van der Waals surface area (Å²) in [5.74, 6) is 0.743. The minimum Gasteiger partial charge on any atom is -0.369 e. The Balaban J connectivity index is 1.66. The summed E-state index contributed by atoms with van der Waals surface area (Å²) >= 11 is 0. The summed E-state index contributed by atoms with van der Waals surface area (Å²) in [6, 6.07) is 9.47. The Morgan fingerprint density at radius 2 is 1.77 bits per heavy atom. The van der Waals surface area contributed by atoms with E-state index in [2.05, 4.69) is 85.7 Å². The van der Waals surface area contributed by atoms with Crippen LogP contribution in [0.4, 0.5) is 5.69 Å². The molecule has 1 saturated heterocycles. The number of aliphatic imine (C=N–C) groups is 2. The first-order chi connectivity index (χ1) is 16.9. The van der Waals surface area contributed by atoms with Crippen LogP contribution in [0.3, 0.4) is 0 Å². The lowest BCUT2D eigenvalue weighted by molar-refractivity contribution is 0.209. The van der Waals surface area contributed by atoms with E-state index < -0.39 is 0 Å². The molecule has 0 saturated carbocycles. The molecule has 1 fully saturated rings. The van der Waals surface area contributed by atoms with Gasteiger partial charge in [-0.1, -0.05) is 55.9 Å². The van der Waals surface area contributed by atoms with Crippen LogP contribution in [0, 0.1) is 0 Å². The van der Waals surface area contributed by atoms with Gasteiger partial charge in [0.2, 0.25) is 5.96 Å². The molecule has 2 aliphatic rings. The van der Waals surface area contributed by atoms with E-state index in [9.17, 15) is 0 Å². The standard InChI is InChI=1S/C30H43N5/c1-7-12-25(8-2)13-10-9-11-14-28-29(32-30(31-28)33(5)6)23-26-15-17-27(18-16-26)35-21-19-34(20-22-35)24(3)4/h8,11,13-18,23-24H,2,7,9-10,12,19-22H2,1,3-6H3/b14-11+,25-13-,29-23-. The average Bonchev–Trinajstić information content (AvgIpc) is 3.26. The summed E-state index contributed by atoms with van der Waals surface area (Å²) in [5, 5.41) is 0. The fourth-order valence-electron chi connectivity index (χ4n) is 4.36. The molecule has 35 heavy (non-hydrogen) atoms. The van der Waals surface area contributed by atoms with Crippen LogP contribution in [-0.2, 0) is 0 Å². The van der Waals surface area contributed by atoms with Crippen molar-refractivity contribution in [2.75, 3.05) is 45.2 Å². The maximum Gasteiger partial charge on any atom is 0.226 e. The summed E-state index contributed by atoms with van der Waals surface area (Å²) in [6.07, 6.45) is 14.9. The number of allylic oxidation sites excluding steroid dienone is 5. The Morgan fingerprint density at radius 3 is 2.37 bits per heavy atom. The van der Waals surface area contributed by atoms with E-state index in [4.69, 9.17) is 9.98 Å². The van der Waals surface area contributed by atoms with Gasteiger partial charge in [0.15, 0.2) is 0 Å². The predicted octanol–water partition coefficient (Wildman–Crippen LogP) is 6.18. The minimum absolute atomic E-state index is 0.622. The van der Waals surface area contributed by atoms with Crippen LogP contribution in [0.15, 0.2) is 76.4 Å². The Bertz CT molecular complexity index is 984. The van der Waals surface area contributed by atoms with Gasteiger partial charge < -0.3 is 9.80 Å². The number of anilines is 1. The quantitative estimate of drug-likeness (QED) is 0.301. The maximum atomic E-state index is 4.77. The van der Waals surface area contributed by atoms with Crippen molar-refractivity contribution in [3.8, 4) is 0 Å².